The molecule has 0 aromatic carbocycles. The Balaban J connectivity index is 1.92. The first-order valence-corrected chi connectivity index (χ1v) is 7.99. The second-order valence-corrected chi connectivity index (χ2v) is 6.15. The molecule has 1 aliphatic heterocycles. The second-order valence-electron chi connectivity index (χ2n) is 6.15. The van der Waals surface area contributed by atoms with Gasteiger partial charge in [0.1, 0.15) is 11.5 Å². The van der Waals surface area contributed by atoms with Gasteiger partial charge < -0.3 is 9.32 Å². The Morgan fingerprint density at radius 3 is 3.00 bits per heavy atom. The molecule has 0 N–H and O–H groups in total. The van der Waals surface area contributed by atoms with E-state index in [0.29, 0.717) is 18.2 Å². The number of piperidine rings is 1. The monoisotopic (exact) mass is 301 g/mol. The summed E-state index contributed by atoms with van der Waals surface area (Å²) in [6, 6.07) is 5.75. The lowest BCUT2D eigenvalue weighted by Gasteiger charge is -2.37. The smallest absolute Gasteiger partial charge is 0.272 e. The first kappa shape index (κ1) is 14.9. The summed E-state index contributed by atoms with van der Waals surface area (Å²) in [5, 5.41) is 4.39. The van der Waals surface area contributed by atoms with Crippen LogP contribution in [0.15, 0.2) is 28.9 Å². The Hall–Kier alpha value is -2.04. The van der Waals surface area contributed by atoms with E-state index >= 15 is 0 Å². The SMILES string of the molecule is CCn1nc(C)cc1C(=O)N1CC[C@H](C)C[C@H]1c1ccco1. The van der Waals surface area contributed by atoms with Crippen molar-refractivity contribution in [2.45, 2.75) is 46.2 Å². The van der Waals surface area contributed by atoms with Crippen molar-refractivity contribution in [3.63, 3.8) is 0 Å². The van der Waals surface area contributed by atoms with Gasteiger partial charge in [0.25, 0.3) is 5.91 Å². The molecule has 5 heteroatoms. The van der Waals surface area contributed by atoms with Gasteiger partial charge in [-0.25, -0.2) is 0 Å². The van der Waals surface area contributed by atoms with E-state index in [1.807, 2.05) is 36.9 Å². The number of nitrogens with zero attached hydrogens (tertiary/aromatic N) is 3. The van der Waals surface area contributed by atoms with Crippen LogP contribution in [-0.4, -0.2) is 27.1 Å². The van der Waals surface area contributed by atoms with E-state index in [4.69, 9.17) is 4.42 Å². The van der Waals surface area contributed by atoms with E-state index in [9.17, 15) is 4.79 Å². The minimum atomic E-state index is 0.0202. The average Bonchev–Trinajstić information content (AvgIpc) is 3.15. The number of amides is 1. The molecule has 3 heterocycles. The zero-order valence-electron chi connectivity index (χ0n) is 13.5. The van der Waals surface area contributed by atoms with Crippen molar-refractivity contribution < 1.29 is 9.21 Å². The number of aromatic nitrogens is 2. The molecule has 0 spiro atoms. The van der Waals surface area contributed by atoms with Crippen molar-refractivity contribution in [2.24, 2.45) is 5.92 Å². The van der Waals surface area contributed by atoms with Crippen molar-refractivity contribution in [1.82, 2.24) is 14.7 Å². The van der Waals surface area contributed by atoms with Crippen molar-refractivity contribution in [2.75, 3.05) is 6.54 Å². The minimum absolute atomic E-state index is 0.0202. The molecule has 2 aromatic heterocycles. The van der Waals surface area contributed by atoms with Crippen LogP contribution in [0.4, 0.5) is 0 Å². The van der Waals surface area contributed by atoms with E-state index in [2.05, 4.69) is 12.0 Å². The van der Waals surface area contributed by atoms with Gasteiger partial charge in [0.15, 0.2) is 0 Å². The summed E-state index contributed by atoms with van der Waals surface area (Å²) in [7, 11) is 0. The molecular formula is C17H23N3O2. The molecule has 0 bridgehead atoms. The molecule has 2 atom stereocenters. The third-order valence-electron chi connectivity index (χ3n) is 4.42. The second kappa shape index (κ2) is 5.99. The fourth-order valence-corrected chi connectivity index (χ4v) is 3.24. The molecule has 1 fully saturated rings. The molecule has 5 nitrogen and oxygen atoms in total. The minimum Gasteiger partial charge on any atom is -0.467 e. The molecule has 0 aliphatic carbocycles. The Kier molecular flexibility index (Phi) is 4.05. The molecule has 0 radical (unpaired) electrons. The largest absolute Gasteiger partial charge is 0.467 e. The van der Waals surface area contributed by atoms with Gasteiger partial charge in [0.05, 0.1) is 18.0 Å². The molecule has 118 valence electrons. The predicted octanol–water partition coefficient (Wildman–Crippen LogP) is 3.42. The van der Waals surface area contributed by atoms with Crippen LogP contribution in [0.25, 0.3) is 0 Å². The van der Waals surface area contributed by atoms with Gasteiger partial charge in [-0.1, -0.05) is 6.92 Å². The van der Waals surface area contributed by atoms with Crippen LogP contribution in [0.3, 0.4) is 0 Å². The number of aryl methyl sites for hydroxylation is 2. The third kappa shape index (κ3) is 2.67. The highest BCUT2D eigenvalue weighted by molar-refractivity contribution is 5.93. The number of hydrogen-bond acceptors (Lipinski definition) is 3. The van der Waals surface area contributed by atoms with Crippen LogP contribution in [0.1, 0.15) is 54.7 Å². The predicted molar refractivity (Wildman–Crippen MR) is 83.5 cm³/mol. The summed E-state index contributed by atoms with van der Waals surface area (Å²) in [5.41, 5.74) is 1.55. The molecule has 3 rings (SSSR count). The van der Waals surface area contributed by atoms with E-state index in [1.54, 1.807) is 10.9 Å². The first-order valence-electron chi connectivity index (χ1n) is 7.99. The fourth-order valence-electron chi connectivity index (χ4n) is 3.24. The highest BCUT2D eigenvalue weighted by Gasteiger charge is 2.34. The van der Waals surface area contributed by atoms with Crippen molar-refractivity contribution >= 4 is 5.91 Å². The number of carbonyl (C=O) groups is 1. The summed E-state index contributed by atoms with van der Waals surface area (Å²) >= 11 is 0. The summed E-state index contributed by atoms with van der Waals surface area (Å²) < 4.78 is 7.37. The van der Waals surface area contributed by atoms with Crippen molar-refractivity contribution in [3.8, 4) is 0 Å². The summed E-state index contributed by atoms with van der Waals surface area (Å²) in [4.78, 5) is 15.0. The van der Waals surface area contributed by atoms with Gasteiger partial charge >= 0.3 is 0 Å². The number of likely N-dealkylation sites (tertiary alicyclic amines) is 1. The van der Waals surface area contributed by atoms with Crippen LogP contribution in [-0.2, 0) is 6.54 Å². The average molecular weight is 301 g/mol. The molecule has 1 amide bonds. The fraction of sp³-hybridized carbons (Fsp3) is 0.529. The van der Waals surface area contributed by atoms with Crippen molar-refractivity contribution in [3.05, 3.63) is 41.6 Å². The van der Waals surface area contributed by atoms with Crippen LogP contribution in [0.2, 0.25) is 0 Å². The maximum atomic E-state index is 13.0. The lowest BCUT2D eigenvalue weighted by molar-refractivity contribution is 0.0508. The Morgan fingerprint density at radius 2 is 2.32 bits per heavy atom. The standard InChI is InChI=1S/C17H23N3O2/c1-4-20-15(11-13(3)18-20)17(21)19-8-7-12(2)10-14(19)16-6-5-9-22-16/h5-6,9,11-12,14H,4,7-8,10H2,1-3H3/t12-,14-/m0/s1. The lowest BCUT2D eigenvalue weighted by Crippen LogP contribution is -2.41. The van der Waals surface area contributed by atoms with Crippen LogP contribution in [0, 0.1) is 12.8 Å². The van der Waals surface area contributed by atoms with Gasteiger partial charge in [0, 0.05) is 13.1 Å². The first-order chi connectivity index (χ1) is 10.6. The van der Waals surface area contributed by atoms with Crippen molar-refractivity contribution in [1.29, 1.82) is 0 Å². The quantitative estimate of drug-likeness (QED) is 0.873. The topological polar surface area (TPSA) is 51.3 Å². The Bertz CT molecular complexity index is 645. The highest BCUT2D eigenvalue weighted by Crippen LogP contribution is 2.35. The van der Waals surface area contributed by atoms with Crippen LogP contribution in [0.5, 0.6) is 0 Å². The van der Waals surface area contributed by atoms with E-state index < -0.39 is 0 Å². The normalized spacial score (nSPS) is 22.0. The molecular weight excluding hydrogens is 278 g/mol. The number of carbonyl (C=O) groups excluding carboxylic acids is 1. The van der Waals surface area contributed by atoms with E-state index in [0.717, 1.165) is 30.8 Å². The van der Waals surface area contributed by atoms with E-state index in [1.165, 1.54) is 0 Å². The van der Waals surface area contributed by atoms with Gasteiger partial charge in [0.2, 0.25) is 0 Å². The number of rotatable bonds is 3. The van der Waals surface area contributed by atoms with E-state index in [-0.39, 0.29) is 11.9 Å². The molecule has 1 aliphatic rings. The van der Waals surface area contributed by atoms with Gasteiger partial charge in [-0.15, -0.1) is 0 Å². The summed E-state index contributed by atoms with van der Waals surface area (Å²) in [6.45, 7) is 7.62. The molecule has 1 saturated heterocycles. The Labute approximate surface area is 130 Å². The number of furan rings is 1. The Morgan fingerprint density at radius 1 is 1.50 bits per heavy atom. The van der Waals surface area contributed by atoms with Gasteiger partial charge in [-0.3, -0.25) is 9.48 Å². The van der Waals surface area contributed by atoms with Crippen LogP contribution < -0.4 is 0 Å². The lowest BCUT2D eigenvalue weighted by atomic mass is 9.91. The van der Waals surface area contributed by atoms with Gasteiger partial charge in [-0.2, -0.15) is 5.10 Å². The van der Waals surface area contributed by atoms with Crippen LogP contribution >= 0.6 is 0 Å². The molecule has 0 saturated carbocycles. The maximum Gasteiger partial charge on any atom is 0.272 e. The summed E-state index contributed by atoms with van der Waals surface area (Å²) in [5.74, 6) is 1.52. The third-order valence-corrected chi connectivity index (χ3v) is 4.42. The zero-order valence-corrected chi connectivity index (χ0v) is 13.5. The molecule has 2 aromatic rings. The molecule has 22 heavy (non-hydrogen) atoms. The zero-order chi connectivity index (χ0) is 15.7. The number of hydrogen-bond donors (Lipinski definition) is 0. The highest BCUT2D eigenvalue weighted by atomic mass is 16.3. The maximum absolute atomic E-state index is 13.0. The molecule has 0 unspecified atom stereocenters. The van der Waals surface area contributed by atoms with Gasteiger partial charge in [-0.05, 0) is 50.8 Å². The summed E-state index contributed by atoms with van der Waals surface area (Å²) in [6.07, 6.45) is 3.65.